The van der Waals surface area contributed by atoms with Crippen molar-refractivity contribution in [1.29, 1.82) is 0 Å². The Morgan fingerprint density at radius 1 is 1.21 bits per heavy atom. The number of rotatable bonds is 5. The van der Waals surface area contributed by atoms with Gasteiger partial charge in [-0.25, -0.2) is 0 Å². The van der Waals surface area contributed by atoms with Crippen LogP contribution in [-0.2, 0) is 19.1 Å². The number of ether oxygens (including phenoxy) is 1. The number of aromatic nitrogens is 2. The van der Waals surface area contributed by atoms with Crippen molar-refractivity contribution in [3.8, 4) is 0 Å². The molecule has 1 atom stereocenters. The quantitative estimate of drug-likeness (QED) is 0.501. The minimum atomic E-state index is -0.657. The normalized spacial score (nSPS) is 20.3. The number of aromatic amines is 1. The van der Waals surface area contributed by atoms with Gasteiger partial charge in [0.15, 0.2) is 0 Å². The number of amides is 3. The third-order valence-corrected chi connectivity index (χ3v) is 7.89. The van der Waals surface area contributed by atoms with Crippen LogP contribution in [0.2, 0.25) is 5.02 Å². The highest BCUT2D eigenvalue weighted by Crippen LogP contribution is 2.33. The number of carbonyl (C=O) groups is 3. The van der Waals surface area contributed by atoms with Gasteiger partial charge in [-0.2, -0.15) is 0 Å². The second-order valence-corrected chi connectivity index (χ2v) is 11.7. The molecule has 2 aliphatic rings. The predicted molar refractivity (Wildman–Crippen MR) is 151 cm³/mol. The van der Waals surface area contributed by atoms with E-state index in [1.165, 1.54) is 0 Å². The number of piperidine rings is 1. The molecule has 10 nitrogen and oxygen atoms in total. The fourth-order valence-corrected chi connectivity index (χ4v) is 5.83. The number of hydrogen-bond acceptors (Lipinski definition) is 6. The Kier molecular flexibility index (Phi) is 7.54. The van der Waals surface area contributed by atoms with Gasteiger partial charge < -0.3 is 24.8 Å². The first-order chi connectivity index (χ1) is 18.5. The van der Waals surface area contributed by atoms with Crippen LogP contribution in [0.4, 0.5) is 5.69 Å². The summed E-state index contributed by atoms with van der Waals surface area (Å²) in [6.45, 7) is 5.65. The zero-order valence-electron chi connectivity index (χ0n) is 22.8. The molecule has 0 bridgehead atoms. The lowest BCUT2D eigenvalue weighted by Gasteiger charge is -2.43. The van der Waals surface area contributed by atoms with Gasteiger partial charge in [0.05, 0.1) is 41.7 Å². The van der Waals surface area contributed by atoms with Gasteiger partial charge >= 0.3 is 0 Å². The molecule has 0 unspecified atom stereocenters. The van der Waals surface area contributed by atoms with Gasteiger partial charge in [-0.3, -0.25) is 24.3 Å². The zero-order chi connectivity index (χ0) is 27.9. The van der Waals surface area contributed by atoms with Crippen LogP contribution in [0.3, 0.4) is 0 Å². The highest BCUT2D eigenvalue weighted by atomic mass is 35.5. The lowest BCUT2D eigenvalue weighted by molar-refractivity contribution is -0.151. The first kappa shape index (κ1) is 27.4. The Bertz CT molecular complexity index is 1410. The number of H-pyrrole nitrogens is 1. The lowest BCUT2D eigenvalue weighted by Crippen LogP contribution is -2.60. The number of carbonyl (C=O) groups excluding carboxylic acids is 3. The Morgan fingerprint density at radius 2 is 1.95 bits per heavy atom. The standard InChI is InChI=1S/C28H35ClN6O4/c1-28(2)16-35(14-24(36)34-9-6-17(7-10-34)27(38)33(3)4)23(15-39-28)26(37)32-21-12-18(29)11-20-19-5-8-30-13-22(19)31-25(20)21/h5,8,11-13,17,23,31H,6-7,9-10,14-16H2,1-4H3,(H,32,37)/t23-/m0/s1. The molecule has 0 aliphatic carbocycles. The number of benzene rings is 1. The average molecular weight is 555 g/mol. The Hall–Kier alpha value is -3.21. The summed E-state index contributed by atoms with van der Waals surface area (Å²) in [5, 5.41) is 5.38. The monoisotopic (exact) mass is 554 g/mol. The predicted octanol–water partition coefficient (Wildman–Crippen LogP) is 3.11. The van der Waals surface area contributed by atoms with Crippen LogP contribution in [0, 0.1) is 5.92 Å². The molecule has 39 heavy (non-hydrogen) atoms. The van der Waals surface area contributed by atoms with Crippen molar-refractivity contribution in [2.45, 2.75) is 38.3 Å². The maximum absolute atomic E-state index is 13.6. The van der Waals surface area contributed by atoms with E-state index in [0.717, 1.165) is 21.8 Å². The SMILES string of the molecule is CN(C)C(=O)C1CCN(C(=O)CN2CC(C)(C)OC[C@H]2C(=O)Nc2cc(Cl)cc3c2[nH]c2cnccc23)CC1. The Labute approximate surface area is 232 Å². The Balaban J connectivity index is 1.32. The molecule has 3 amide bonds. The van der Waals surface area contributed by atoms with Gasteiger partial charge in [0.2, 0.25) is 17.7 Å². The largest absolute Gasteiger partial charge is 0.372 e. The van der Waals surface area contributed by atoms with Crippen LogP contribution in [0.5, 0.6) is 0 Å². The second kappa shape index (κ2) is 10.7. The highest BCUT2D eigenvalue weighted by molar-refractivity contribution is 6.33. The van der Waals surface area contributed by atoms with E-state index in [9.17, 15) is 14.4 Å². The summed E-state index contributed by atoms with van der Waals surface area (Å²) < 4.78 is 6.00. The minimum Gasteiger partial charge on any atom is -0.372 e. The number of likely N-dealkylation sites (tertiary alicyclic amines) is 1. The zero-order valence-corrected chi connectivity index (χ0v) is 23.5. The van der Waals surface area contributed by atoms with E-state index in [1.54, 1.807) is 42.4 Å². The topological polar surface area (TPSA) is 111 Å². The van der Waals surface area contributed by atoms with Gasteiger partial charge in [0, 0.05) is 61.6 Å². The Morgan fingerprint density at radius 3 is 2.67 bits per heavy atom. The molecule has 4 heterocycles. The van der Waals surface area contributed by atoms with Gasteiger partial charge in [0.1, 0.15) is 6.04 Å². The maximum atomic E-state index is 13.6. The van der Waals surface area contributed by atoms with Gasteiger partial charge in [-0.1, -0.05) is 11.6 Å². The third kappa shape index (κ3) is 5.73. The summed E-state index contributed by atoms with van der Waals surface area (Å²) in [5.41, 5.74) is 1.65. The van der Waals surface area contributed by atoms with Crippen molar-refractivity contribution >= 4 is 56.8 Å². The molecule has 0 saturated carbocycles. The van der Waals surface area contributed by atoms with Crippen LogP contribution in [0.25, 0.3) is 21.8 Å². The number of fused-ring (bicyclic) bond motifs is 3. The molecule has 3 aromatic rings. The third-order valence-electron chi connectivity index (χ3n) is 7.67. The molecule has 2 aliphatic heterocycles. The van der Waals surface area contributed by atoms with E-state index >= 15 is 0 Å². The molecule has 0 spiro atoms. The van der Waals surface area contributed by atoms with Crippen LogP contribution < -0.4 is 5.32 Å². The fraction of sp³-hybridized carbons (Fsp3) is 0.500. The van der Waals surface area contributed by atoms with E-state index in [0.29, 0.717) is 43.2 Å². The first-order valence-corrected chi connectivity index (χ1v) is 13.6. The number of pyridine rings is 1. The van der Waals surface area contributed by atoms with Crippen LogP contribution >= 0.6 is 11.6 Å². The summed E-state index contributed by atoms with van der Waals surface area (Å²) >= 11 is 6.43. The molecule has 2 saturated heterocycles. The maximum Gasteiger partial charge on any atom is 0.244 e. The molecule has 208 valence electrons. The van der Waals surface area contributed by atoms with E-state index in [4.69, 9.17) is 16.3 Å². The van der Waals surface area contributed by atoms with E-state index in [1.807, 2.05) is 30.9 Å². The van der Waals surface area contributed by atoms with Crippen molar-refractivity contribution in [2.24, 2.45) is 5.92 Å². The molecule has 1 aromatic carbocycles. The van der Waals surface area contributed by atoms with Crippen LogP contribution in [-0.4, -0.2) is 101 Å². The summed E-state index contributed by atoms with van der Waals surface area (Å²) in [6.07, 6.45) is 4.74. The summed E-state index contributed by atoms with van der Waals surface area (Å²) in [5.74, 6) is -0.265. The smallest absolute Gasteiger partial charge is 0.244 e. The van der Waals surface area contributed by atoms with E-state index in [2.05, 4.69) is 15.3 Å². The molecule has 11 heteroatoms. The summed E-state index contributed by atoms with van der Waals surface area (Å²) in [7, 11) is 3.52. The molecule has 5 rings (SSSR count). The van der Waals surface area contributed by atoms with Gasteiger partial charge in [-0.05, 0) is 44.9 Å². The first-order valence-electron chi connectivity index (χ1n) is 13.2. The number of halogens is 1. The van der Waals surface area contributed by atoms with Crippen molar-refractivity contribution < 1.29 is 19.1 Å². The van der Waals surface area contributed by atoms with E-state index in [-0.39, 0.29) is 36.8 Å². The molecular formula is C28H35ClN6O4. The van der Waals surface area contributed by atoms with Crippen molar-refractivity contribution in [1.82, 2.24) is 24.7 Å². The van der Waals surface area contributed by atoms with Crippen molar-refractivity contribution in [3.63, 3.8) is 0 Å². The summed E-state index contributed by atoms with van der Waals surface area (Å²) in [6, 6.07) is 4.82. The molecule has 2 aromatic heterocycles. The van der Waals surface area contributed by atoms with E-state index < -0.39 is 11.6 Å². The number of hydrogen-bond donors (Lipinski definition) is 2. The van der Waals surface area contributed by atoms with Crippen LogP contribution in [0.15, 0.2) is 30.6 Å². The average Bonchev–Trinajstić information content (AvgIpc) is 3.26. The van der Waals surface area contributed by atoms with Gasteiger partial charge in [-0.15, -0.1) is 0 Å². The van der Waals surface area contributed by atoms with Crippen molar-refractivity contribution in [2.75, 3.05) is 52.2 Å². The number of morpholine rings is 1. The molecule has 0 radical (unpaired) electrons. The lowest BCUT2D eigenvalue weighted by atomic mass is 9.95. The number of nitrogens with one attached hydrogen (secondary N) is 2. The number of nitrogens with zero attached hydrogens (tertiary/aromatic N) is 4. The van der Waals surface area contributed by atoms with Gasteiger partial charge in [0.25, 0.3) is 0 Å². The fourth-order valence-electron chi connectivity index (χ4n) is 5.61. The van der Waals surface area contributed by atoms with Crippen molar-refractivity contribution in [3.05, 3.63) is 35.6 Å². The highest BCUT2D eigenvalue weighted by Gasteiger charge is 2.39. The molecule has 2 fully saturated rings. The molecule has 2 N–H and O–H groups in total. The van der Waals surface area contributed by atoms with Crippen LogP contribution in [0.1, 0.15) is 26.7 Å². The summed E-state index contributed by atoms with van der Waals surface area (Å²) in [4.78, 5) is 52.1. The minimum absolute atomic E-state index is 0.0467. The molecular weight excluding hydrogens is 520 g/mol. The second-order valence-electron chi connectivity index (χ2n) is 11.3. The number of anilines is 1.